The molecule has 2 heterocycles. The smallest absolute Gasteiger partial charge is 0.191 e. The van der Waals surface area contributed by atoms with E-state index in [2.05, 4.69) is 30.3 Å². The first-order valence-electron chi connectivity index (χ1n) is 7.28. The first-order valence-corrected chi connectivity index (χ1v) is 8.27. The summed E-state index contributed by atoms with van der Waals surface area (Å²) in [5, 5.41) is 20.5. The third-order valence-corrected chi connectivity index (χ3v) is 4.63. The molecule has 1 aliphatic carbocycles. The normalized spacial score (nSPS) is 14.3. The highest BCUT2D eigenvalue weighted by atomic mass is 32.2. The van der Waals surface area contributed by atoms with E-state index in [-0.39, 0.29) is 5.82 Å². The fourth-order valence-corrected chi connectivity index (χ4v) is 3.22. The zero-order valence-electron chi connectivity index (χ0n) is 12.4. The van der Waals surface area contributed by atoms with Crippen molar-refractivity contribution in [1.29, 1.82) is 0 Å². The van der Waals surface area contributed by atoms with Gasteiger partial charge in [0.2, 0.25) is 0 Å². The van der Waals surface area contributed by atoms with Crippen molar-refractivity contribution in [3.8, 4) is 5.69 Å². The van der Waals surface area contributed by atoms with Crippen LogP contribution in [0.15, 0.2) is 29.7 Å². The Morgan fingerprint density at radius 1 is 1.30 bits per heavy atom. The van der Waals surface area contributed by atoms with Gasteiger partial charge >= 0.3 is 0 Å². The number of halogens is 1. The molecule has 0 N–H and O–H groups in total. The van der Waals surface area contributed by atoms with Crippen molar-refractivity contribution in [3.05, 3.63) is 41.7 Å². The van der Waals surface area contributed by atoms with Crippen LogP contribution >= 0.6 is 11.8 Å². The molecular weight excluding hydrogens is 317 g/mol. The van der Waals surface area contributed by atoms with Gasteiger partial charge in [0, 0.05) is 6.04 Å². The van der Waals surface area contributed by atoms with Gasteiger partial charge in [0.15, 0.2) is 11.0 Å². The van der Waals surface area contributed by atoms with Gasteiger partial charge in [0.1, 0.15) is 17.8 Å². The molecule has 0 saturated heterocycles. The van der Waals surface area contributed by atoms with Crippen LogP contribution < -0.4 is 0 Å². The van der Waals surface area contributed by atoms with E-state index in [1.54, 1.807) is 18.5 Å². The summed E-state index contributed by atoms with van der Waals surface area (Å²) in [6.07, 6.45) is 4.08. The van der Waals surface area contributed by atoms with Gasteiger partial charge in [-0.15, -0.1) is 15.3 Å². The van der Waals surface area contributed by atoms with Crippen LogP contribution in [0.2, 0.25) is 0 Å². The summed E-state index contributed by atoms with van der Waals surface area (Å²) >= 11 is 1.50. The third-order valence-electron chi connectivity index (χ3n) is 3.67. The zero-order valence-corrected chi connectivity index (χ0v) is 13.2. The zero-order chi connectivity index (χ0) is 15.8. The third kappa shape index (κ3) is 2.83. The lowest BCUT2D eigenvalue weighted by Gasteiger charge is -2.07. The number of aryl methyl sites for hydroxylation is 1. The lowest BCUT2D eigenvalue weighted by atomic mass is 10.2. The van der Waals surface area contributed by atoms with Crippen LogP contribution in [0, 0.1) is 12.7 Å². The first kappa shape index (κ1) is 14.3. The number of thioether (sulfide) groups is 1. The Morgan fingerprint density at radius 2 is 2.17 bits per heavy atom. The van der Waals surface area contributed by atoms with Crippen LogP contribution in [0.5, 0.6) is 0 Å². The molecule has 7 nitrogen and oxygen atoms in total. The molecule has 2 aromatic heterocycles. The molecular formula is C14H14FN7S. The van der Waals surface area contributed by atoms with Crippen molar-refractivity contribution in [2.75, 3.05) is 0 Å². The first-order chi connectivity index (χ1) is 11.2. The molecule has 0 bridgehead atoms. The molecule has 0 amide bonds. The number of tetrazole rings is 1. The maximum absolute atomic E-state index is 14.1. The summed E-state index contributed by atoms with van der Waals surface area (Å²) in [5.74, 6) is 0.714. The van der Waals surface area contributed by atoms with Gasteiger partial charge in [-0.25, -0.2) is 4.39 Å². The van der Waals surface area contributed by atoms with Gasteiger partial charge in [0.05, 0.1) is 5.75 Å². The SMILES string of the molecule is Cc1ccc(F)c(-n2nnnc2CSc2nncn2C2CC2)c1. The molecule has 0 radical (unpaired) electrons. The minimum Gasteiger partial charge on any atom is -0.306 e. The number of hydrogen-bond acceptors (Lipinski definition) is 6. The largest absolute Gasteiger partial charge is 0.306 e. The number of rotatable bonds is 5. The standard InChI is InChI=1S/C14H14FN7S/c1-9-2-5-11(15)12(6-9)22-13(17-19-20-22)7-23-14-18-16-8-21(14)10-3-4-10/h2,5-6,8,10H,3-4,7H2,1H3. The van der Waals surface area contributed by atoms with Gasteiger partial charge in [0.25, 0.3) is 0 Å². The minimum absolute atomic E-state index is 0.352. The van der Waals surface area contributed by atoms with Crippen molar-refractivity contribution in [1.82, 2.24) is 35.0 Å². The molecule has 9 heteroatoms. The van der Waals surface area contributed by atoms with Gasteiger partial charge in [-0.1, -0.05) is 17.8 Å². The molecule has 1 aromatic carbocycles. The fourth-order valence-electron chi connectivity index (χ4n) is 2.34. The highest BCUT2D eigenvalue weighted by Gasteiger charge is 2.26. The molecule has 23 heavy (non-hydrogen) atoms. The van der Waals surface area contributed by atoms with Crippen LogP contribution in [-0.4, -0.2) is 35.0 Å². The van der Waals surface area contributed by atoms with Crippen molar-refractivity contribution in [2.45, 2.75) is 36.7 Å². The van der Waals surface area contributed by atoms with Crippen LogP contribution in [0.4, 0.5) is 4.39 Å². The van der Waals surface area contributed by atoms with Gasteiger partial charge < -0.3 is 4.57 Å². The second-order valence-electron chi connectivity index (χ2n) is 5.50. The van der Waals surface area contributed by atoms with Crippen molar-refractivity contribution >= 4 is 11.8 Å². The average Bonchev–Trinajstić information content (AvgIpc) is 3.10. The second-order valence-corrected chi connectivity index (χ2v) is 6.44. The Morgan fingerprint density at radius 3 is 3.00 bits per heavy atom. The lowest BCUT2D eigenvalue weighted by molar-refractivity contribution is 0.603. The van der Waals surface area contributed by atoms with E-state index in [0.717, 1.165) is 23.6 Å². The highest BCUT2D eigenvalue weighted by molar-refractivity contribution is 7.98. The summed E-state index contributed by atoms with van der Waals surface area (Å²) in [6, 6.07) is 5.38. The molecule has 0 aliphatic heterocycles. The number of aromatic nitrogens is 7. The molecule has 0 atom stereocenters. The Kier molecular flexibility index (Phi) is 3.56. The Balaban J connectivity index is 1.57. The summed E-state index contributed by atoms with van der Waals surface area (Å²) < 4.78 is 17.6. The highest BCUT2D eigenvalue weighted by Crippen LogP contribution is 2.37. The van der Waals surface area contributed by atoms with E-state index >= 15 is 0 Å². The van der Waals surface area contributed by atoms with Crippen LogP contribution in [0.1, 0.15) is 30.3 Å². The van der Waals surface area contributed by atoms with E-state index in [9.17, 15) is 4.39 Å². The molecule has 3 aromatic rings. The molecule has 0 unspecified atom stereocenters. The maximum atomic E-state index is 14.1. The quantitative estimate of drug-likeness (QED) is 0.668. The average molecular weight is 331 g/mol. The maximum Gasteiger partial charge on any atom is 0.191 e. The number of nitrogens with zero attached hydrogens (tertiary/aromatic N) is 7. The summed E-state index contributed by atoms with van der Waals surface area (Å²) in [7, 11) is 0. The number of benzene rings is 1. The van der Waals surface area contributed by atoms with Crippen LogP contribution in [0.3, 0.4) is 0 Å². The van der Waals surface area contributed by atoms with Gasteiger partial charge in [-0.05, 0) is 47.9 Å². The lowest BCUT2D eigenvalue weighted by Crippen LogP contribution is -2.05. The van der Waals surface area contributed by atoms with E-state index < -0.39 is 0 Å². The molecule has 1 saturated carbocycles. The number of hydrogen-bond donors (Lipinski definition) is 0. The predicted octanol–water partition coefficient (Wildman–Crippen LogP) is 2.33. The summed E-state index contributed by atoms with van der Waals surface area (Å²) in [5.41, 5.74) is 1.30. The molecule has 0 spiro atoms. The molecule has 1 fully saturated rings. The van der Waals surface area contributed by atoms with Crippen molar-refractivity contribution in [3.63, 3.8) is 0 Å². The van der Waals surface area contributed by atoms with Gasteiger partial charge in [-0.2, -0.15) is 4.68 Å². The topological polar surface area (TPSA) is 74.3 Å². The Bertz CT molecular complexity index is 839. The molecule has 4 rings (SSSR count). The monoisotopic (exact) mass is 331 g/mol. The van der Waals surface area contributed by atoms with E-state index in [1.165, 1.54) is 22.5 Å². The fraction of sp³-hybridized carbons (Fsp3) is 0.357. The Hall–Kier alpha value is -2.29. The van der Waals surface area contributed by atoms with Gasteiger partial charge in [-0.3, -0.25) is 0 Å². The predicted molar refractivity (Wildman–Crippen MR) is 81.7 cm³/mol. The summed E-state index contributed by atoms with van der Waals surface area (Å²) in [4.78, 5) is 0. The molecule has 1 aliphatic rings. The van der Waals surface area contributed by atoms with E-state index in [4.69, 9.17) is 0 Å². The Labute approximate surface area is 135 Å². The summed E-state index contributed by atoms with van der Waals surface area (Å²) in [6.45, 7) is 1.90. The van der Waals surface area contributed by atoms with Crippen LogP contribution in [-0.2, 0) is 5.75 Å². The van der Waals surface area contributed by atoms with Crippen molar-refractivity contribution in [2.24, 2.45) is 0 Å². The van der Waals surface area contributed by atoms with Crippen LogP contribution in [0.25, 0.3) is 5.69 Å². The van der Waals surface area contributed by atoms with Crippen molar-refractivity contribution < 1.29 is 4.39 Å². The minimum atomic E-state index is -0.352. The van der Waals surface area contributed by atoms with E-state index in [1.807, 2.05) is 6.92 Å². The van der Waals surface area contributed by atoms with E-state index in [0.29, 0.717) is 23.3 Å². The molecule has 118 valence electrons. The second kappa shape index (κ2) is 5.73.